The Kier molecular flexibility index (Phi) is 6.29. The minimum atomic E-state index is -0.271. The number of rotatable bonds is 7. The molecule has 122 valence electrons. The van der Waals surface area contributed by atoms with E-state index in [1.165, 1.54) is 0 Å². The summed E-state index contributed by atoms with van der Waals surface area (Å²) in [5, 5.41) is 3.02. The molecule has 0 fully saturated rings. The fourth-order valence-corrected chi connectivity index (χ4v) is 2.65. The van der Waals surface area contributed by atoms with Crippen molar-refractivity contribution >= 4 is 5.91 Å². The first kappa shape index (κ1) is 17.2. The van der Waals surface area contributed by atoms with Gasteiger partial charge in [-0.3, -0.25) is 9.78 Å². The Labute approximate surface area is 138 Å². The summed E-state index contributed by atoms with van der Waals surface area (Å²) in [6.07, 6.45) is 3.92. The maximum atomic E-state index is 12.2. The molecule has 0 radical (unpaired) electrons. The summed E-state index contributed by atoms with van der Waals surface area (Å²) in [7, 11) is 0. The van der Waals surface area contributed by atoms with Crippen molar-refractivity contribution in [3.63, 3.8) is 0 Å². The highest BCUT2D eigenvalue weighted by Gasteiger charge is 2.18. The average molecular weight is 311 g/mol. The Morgan fingerprint density at radius 2 is 1.83 bits per heavy atom. The fourth-order valence-electron chi connectivity index (χ4n) is 2.65. The smallest absolute Gasteiger partial charge is 0.221 e. The van der Waals surface area contributed by atoms with Crippen LogP contribution in [0.4, 0.5) is 0 Å². The van der Waals surface area contributed by atoms with Crippen LogP contribution in [-0.4, -0.2) is 17.4 Å². The van der Waals surface area contributed by atoms with Crippen molar-refractivity contribution in [2.45, 2.75) is 32.2 Å². The van der Waals surface area contributed by atoms with E-state index in [1.807, 2.05) is 42.6 Å². The zero-order chi connectivity index (χ0) is 16.7. The van der Waals surface area contributed by atoms with Gasteiger partial charge in [0.15, 0.2) is 0 Å². The van der Waals surface area contributed by atoms with Gasteiger partial charge in [-0.25, -0.2) is 0 Å². The van der Waals surface area contributed by atoms with Gasteiger partial charge in [-0.2, -0.15) is 0 Å². The number of nitrogens with one attached hydrogen (secondary N) is 1. The summed E-state index contributed by atoms with van der Waals surface area (Å²) >= 11 is 0. The molecule has 2 aromatic rings. The number of aromatic nitrogens is 1. The Bertz CT molecular complexity index is 599. The number of nitrogens with two attached hydrogens (primary N) is 1. The van der Waals surface area contributed by atoms with Crippen LogP contribution in [0, 0.1) is 5.92 Å². The molecule has 0 aliphatic heterocycles. The third kappa shape index (κ3) is 5.18. The summed E-state index contributed by atoms with van der Waals surface area (Å²) in [6, 6.07) is 13.4. The minimum absolute atomic E-state index is 0.0177. The Morgan fingerprint density at radius 3 is 2.43 bits per heavy atom. The van der Waals surface area contributed by atoms with E-state index in [-0.39, 0.29) is 17.9 Å². The fraction of sp³-hybridized carbons (Fsp3) is 0.368. The molecule has 1 heterocycles. The SMILES string of the molecule is CC(C)C(CNC(=O)CC(N)c1ccccc1)c1cccnc1. The third-order valence-electron chi connectivity index (χ3n) is 4.07. The number of carbonyl (C=O) groups excluding carboxylic acids is 1. The van der Waals surface area contributed by atoms with Crippen molar-refractivity contribution in [3.05, 3.63) is 66.0 Å². The topological polar surface area (TPSA) is 68.0 Å². The molecule has 2 rings (SSSR count). The quantitative estimate of drug-likeness (QED) is 0.826. The van der Waals surface area contributed by atoms with Crippen LogP contribution >= 0.6 is 0 Å². The van der Waals surface area contributed by atoms with Gasteiger partial charge in [-0.05, 0) is 23.1 Å². The molecular formula is C19H25N3O. The van der Waals surface area contributed by atoms with Crippen molar-refractivity contribution in [2.75, 3.05) is 6.54 Å². The standard InChI is InChI=1S/C19H25N3O/c1-14(2)17(16-9-6-10-21-12-16)13-22-19(23)11-18(20)15-7-4-3-5-8-15/h3-10,12,14,17-18H,11,13,20H2,1-2H3,(H,22,23). The molecule has 3 N–H and O–H groups in total. The van der Waals surface area contributed by atoms with Crippen LogP contribution in [0.1, 0.15) is 43.4 Å². The number of nitrogens with zero attached hydrogens (tertiary/aromatic N) is 1. The average Bonchev–Trinajstić information content (AvgIpc) is 2.56. The van der Waals surface area contributed by atoms with Crippen molar-refractivity contribution in [2.24, 2.45) is 11.7 Å². The van der Waals surface area contributed by atoms with Gasteiger partial charge in [0, 0.05) is 37.3 Å². The second-order valence-electron chi connectivity index (χ2n) is 6.16. The summed E-state index contributed by atoms with van der Waals surface area (Å²) in [5.41, 5.74) is 8.23. The van der Waals surface area contributed by atoms with Crippen LogP contribution < -0.4 is 11.1 Å². The summed E-state index contributed by atoms with van der Waals surface area (Å²) in [4.78, 5) is 16.3. The lowest BCUT2D eigenvalue weighted by Crippen LogP contribution is -2.32. The van der Waals surface area contributed by atoms with Crippen LogP contribution in [0.15, 0.2) is 54.9 Å². The Balaban J connectivity index is 1.89. The van der Waals surface area contributed by atoms with Crippen LogP contribution in [0.2, 0.25) is 0 Å². The number of pyridine rings is 1. The van der Waals surface area contributed by atoms with E-state index < -0.39 is 0 Å². The predicted molar refractivity (Wildman–Crippen MR) is 92.8 cm³/mol. The van der Waals surface area contributed by atoms with E-state index in [0.29, 0.717) is 18.9 Å². The molecule has 0 aliphatic carbocycles. The first-order valence-corrected chi connectivity index (χ1v) is 8.05. The van der Waals surface area contributed by atoms with Crippen molar-refractivity contribution < 1.29 is 4.79 Å². The lowest BCUT2D eigenvalue weighted by Gasteiger charge is -2.22. The molecular weight excluding hydrogens is 286 g/mol. The summed E-state index contributed by atoms with van der Waals surface area (Å²) < 4.78 is 0. The second-order valence-corrected chi connectivity index (χ2v) is 6.16. The molecule has 0 spiro atoms. The number of benzene rings is 1. The lowest BCUT2D eigenvalue weighted by molar-refractivity contribution is -0.121. The van der Waals surface area contributed by atoms with Crippen molar-refractivity contribution in [1.29, 1.82) is 0 Å². The van der Waals surface area contributed by atoms with Gasteiger partial charge >= 0.3 is 0 Å². The van der Waals surface area contributed by atoms with Crippen LogP contribution in [-0.2, 0) is 4.79 Å². The number of hydrogen-bond donors (Lipinski definition) is 2. The molecule has 23 heavy (non-hydrogen) atoms. The predicted octanol–water partition coefficient (Wildman–Crippen LogP) is 3.03. The van der Waals surface area contributed by atoms with Gasteiger partial charge in [-0.15, -0.1) is 0 Å². The van der Waals surface area contributed by atoms with E-state index >= 15 is 0 Å². The molecule has 0 bridgehead atoms. The second kappa shape index (κ2) is 8.44. The molecule has 0 aliphatic rings. The van der Waals surface area contributed by atoms with E-state index in [1.54, 1.807) is 6.20 Å². The Morgan fingerprint density at radius 1 is 1.13 bits per heavy atom. The largest absolute Gasteiger partial charge is 0.355 e. The molecule has 1 amide bonds. The highest BCUT2D eigenvalue weighted by atomic mass is 16.1. The zero-order valence-electron chi connectivity index (χ0n) is 13.8. The molecule has 2 atom stereocenters. The molecule has 4 heteroatoms. The van der Waals surface area contributed by atoms with Crippen molar-refractivity contribution in [3.8, 4) is 0 Å². The molecule has 2 unspecified atom stereocenters. The monoisotopic (exact) mass is 311 g/mol. The third-order valence-corrected chi connectivity index (χ3v) is 4.07. The summed E-state index contributed by atoms with van der Waals surface area (Å²) in [6.45, 7) is 4.91. The highest BCUT2D eigenvalue weighted by molar-refractivity contribution is 5.76. The van der Waals surface area contributed by atoms with Crippen molar-refractivity contribution in [1.82, 2.24) is 10.3 Å². The van der Waals surface area contributed by atoms with Crippen LogP contribution in [0.25, 0.3) is 0 Å². The van der Waals surface area contributed by atoms with Gasteiger partial charge in [0.05, 0.1) is 0 Å². The highest BCUT2D eigenvalue weighted by Crippen LogP contribution is 2.23. The Hall–Kier alpha value is -2.20. The van der Waals surface area contributed by atoms with E-state index in [9.17, 15) is 4.79 Å². The van der Waals surface area contributed by atoms with Gasteiger partial charge in [0.25, 0.3) is 0 Å². The number of hydrogen-bond acceptors (Lipinski definition) is 3. The molecule has 1 aromatic carbocycles. The minimum Gasteiger partial charge on any atom is -0.355 e. The normalized spacial score (nSPS) is 13.6. The molecule has 1 aromatic heterocycles. The van der Waals surface area contributed by atoms with Gasteiger partial charge < -0.3 is 11.1 Å². The lowest BCUT2D eigenvalue weighted by atomic mass is 9.89. The molecule has 4 nitrogen and oxygen atoms in total. The number of amides is 1. The molecule has 0 saturated heterocycles. The first-order chi connectivity index (χ1) is 11.1. The first-order valence-electron chi connectivity index (χ1n) is 8.05. The maximum absolute atomic E-state index is 12.2. The van der Waals surface area contributed by atoms with Crippen LogP contribution in [0.3, 0.4) is 0 Å². The molecule has 0 saturated carbocycles. The van der Waals surface area contributed by atoms with E-state index in [4.69, 9.17) is 5.73 Å². The van der Waals surface area contributed by atoms with Gasteiger partial charge in [0.1, 0.15) is 0 Å². The zero-order valence-corrected chi connectivity index (χ0v) is 13.8. The van der Waals surface area contributed by atoms with Gasteiger partial charge in [0.2, 0.25) is 5.91 Å². The number of carbonyl (C=O) groups is 1. The maximum Gasteiger partial charge on any atom is 0.221 e. The summed E-state index contributed by atoms with van der Waals surface area (Å²) in [5.74, 6) is 0.652. The van der Waals surface area contributed by atoms with Gasteiger partial charge in [-0.1, -0.05) is 50.2 Å². The van der Waals surface area contributed by atoms with E-state index in [0.717, 1.165) is 11.1 Å². The van der Waals surface area contributed by atoms with E-state index in [2.05, 4.69) is 30.2 Å². The van der Waals surface area contributed by atoms with Crippen LogP contribution in [0.5, 0.6) is 0 Å².